The van der Waals surface area contributed by atoms with Crippen LogP contribution in [-0.4, -0.2) is 33.7 Å². The highest BCUT2D eigenvalue weighted by Gasteiger charge is 2.39. The molecule has 1 fully saturated rings. The van der Waals surface area contributed by atoms with E-state index in [2.05, 4.69) is 28.9 Å². The van der Waals surface area contributed by atoms with Crippen LogP contribution in [0.1, 0.15) is 24.6 Å². The molecule has 0 amide bonds. The van der Waals surface area contributed by atoms with Gasteiger partial charge in [-0.3, -0.25) is 4.90 Å². The molecule has 4 nitrogen and oxygen atoms in total. The molecule has 1 N–H and O–H groups in total. The molecular formula is C16H20N2O2. The summed E-state index contributed by atoms with van der Waals surface area (Å²) in [6.07, 6.45) is 2.51. The standard InChI is InChI=1S/C16H20N2O2/c1-3-16(19)10-18(11-16)8-14-9-20-15(17-14)13-6-4-12(2)5-7-13/h4-7,9,19H,3,8,10-11H2,1-2H3. The van der Waals surface area contributed by atoms with Gasteiger partial charge < -0.3 is 9.52 Å². The number of rotatable bonds is 4. The molecule has 106 valence electrons. The maximum absolute atomic E-state index is 9.99. The number of hydrogen-bond acceptors (Lipinski definition) is 4. The second-order valence-corrected chi connectivity index (χ2v) is 5.73. The van der Waals surface area contributed by atoms with Gasteiger partial charge in [-0.25, -0.2) is 4.98 Å². The quantitative estimate of drug-likeness (QED) is 0.929. The first-order chi connectivity index (χ1) is 9.58. The Kier molecular flexibility index (Phi) is 3.36. The molecule has 2 heterocycles. The molecule has 0 spiro atoms. The lowest BCUT2D eigenvalue weighted by Crippen LogP contribution is -2.60. The second kappa shape index (κ2) is 5.04. The predicted molar refractivity (Wildman–Crippen MR) is 77.2 cm³/mol. The van der Waals surface area contributed by atoms with Crippen LogP contribution < -0.4 is 0 Å². The third-order valence-corrected chi connectivity index (χ3v) is 3.93. The van der Waals surface area contributed by atoms with Gasteiger partial charge >= 0.3 is 0 Å². The molecule has 1 aliphatic heterocycles. The molecule has 1 saturated heterocycles. The lowest BCUT2D eigenvalue weighted by Gasteiger charge is -2.45. The molecule has 2 aromatic rings. The van der Waals surface area contributed by atoms with E-state index in [1.165, 1.54) is 5.56 Å². The van der Waals surface area contributed by atoms with Crippen molar-refractivity contribution in [1.29, 1.82) is 0 Å². The summed E-state index contributed by atoms with van der Waals surface area (Å²) in [6.45, 7) is 6.25. The van der Waals surface area contributed by atoms with Gasteiger partial charge in [0.2, 0.25) is 5.89 Å². The second-order valence-electron chi connectivity index (χ2n) is 5.73. The van der Waals surface area contributed by atoms with Crippen molar-refractivity contribution < 1.29 is 9.52 Å². The van der Waals surface area contributed by atoms with E-state index < -0.39 is 5.60 Å². The Morgan fingerprint density at radius 3 is 2.65 bits per heavy atom. The predicted octanol–water partition coefficient (Wildman–Crippen LogP) is 2.61. The molecule has 1 aromatic carbocycles. The van der Waals surface area contributed by atoms with Gasteiger partial charge in [0.15, 0.2) is 0 Å². The highest BCUT2D eigenvalue weighted by atomic mass is 16.3. The van der Waals surface area contributed by atoms with Gasteiger partial charge in [0, 0.05) is 25.2 Å². The van der Waals surface area contributed by atoms with Crippen molar-refractivity contribution in [2.24, 2.45) is 0 Å². The van der Waals surface area contributed by atoms with Crippen LogP contribution in [0.25, 0.3) is 11.5 Å². The molecule has 0 bridgehead atoms. The zero-order chi connectivity index (χ0) is 14.2. The van der Waals surface area contributed by atoms with Crippen molar-refractivity contribution in [2.45, 2.75) is 32.4 Å². The van der Waals surface area contributed by atoms with Gasteiger partial charge in [-0.15, -0.1) is 0 Å². The SMILES string of the molecule is CCC1(O)CN(Cc2coc(-c3ccc(C)cc3)n2)C1. The molecule has 0 atom stereocenters. The fraction of sp³-hybridized carbons (Fsp3) is 0.438. The Labute approximate surface area is 119 Å². The van der Waals surface area contributed by atoms with E-state index in [9.17, 15) is 5.11 Å². The van der Waals surface area contributed by atoms with Gasteiger partial charge in [0.25, 0.3) is 0 Å². The van der Waals surface area contributed by atoms with Crippen molar-refractivity contribution in [1.82, 2.24) is 9.88 Å². The van der Waals surface area contributed by atoms with Crippen LogP contribution in [0.3, 0.4) is 0 Å². The highest BCUT2D eigenvalue weighted by molar-refractivity contribution is 5.53. The fourth-order valence-electron chi connectivity index (χ4n) is 2.56. The molecule has 0 saturated carbocycles. The summed E-state index contributed by atoms with van der Waals surface area (Å²) < 4.78 is 5.54. The Morgan fingerprint density at radius 1 is 1.30 bits per heavy atom. The van der Waals surface area contributed by atoms with E-state index in [1.54, 1.807) is 6.26 Å². The minimum atomic E-state index is -0.497. The third-order valence-electron chi connectivity index (χ3n) is 3.93. The van der Waals surface area contributed by atoms with Crippen molar-refractivity contribution in [2.75, 3.05) is 13.1 Å². The Balaban J connectivity index is 1.64. The van der Waals surface area contributed by atoms with E-state index in [-0.39, 0.29) is 0 Å². The zero-order valence-corrected chi connectivity index (χ0v) is 12.0. The maximum Gasteiger partial charge on any atom is 0.226 e. The fourth-order valence-corrected chi connectivity index (χ4v) is 2.56. The normalized spacial score (nSPS) is 17.9. The number of likely N-dealkylation sites (tertiary alicyclic amines) is 1. The van der Waals surface area contributed by atoms with Crippen LogP contribution in [0.2, 0.25) is 0 Å². The summed E-state index contributed by atoms with van der Waals surface area (Å²) in [4.78, 5) is 6.70. The maximum atomic E-state index is 9.99. The molecule has 0 unspecified atom stereocenters. The topological polar surface area (TPSA) is 49.5 Å². The van der Waals surface area contributed by atoms with Crippen molar-refractivity contribution in [3.8, 4) is 11.5 Å². The van der Waals surface area contributed by atoms with E-state index in [4.69, 9.17) is 4.42 Å². The molecule has 20 heavy (non-hydrogen) atoms. The average molecular weight is 272 g/mol. The summed E-state index contributed by atoms with van der Waals surface area (Å²) in [5.74, 6) is 0.659. The number of aromatic nitrogens is 1. The summed E-state index contributed by atoms with van der Waals surface area (Å²) in [5, 5.41) is 9.99. The largest absolute Gasteiger partial charge is 0.444 e. The molecule has 1 aromatic heterocycles. The summed E-state index contributed by atoms with van der Waals surface area (Å²) in [6, 6.07) is 8.14. The first-order valence-electron chi connectivity index (χ1n) is 7.04. The van der Waals surface area contributed by atoms with E-state index in [0.29, 0.717) is 5.89 Å². The molecule has 1 aliphatic rings. The summed E-state index contributed by atoms with van der Waals surface area (Å²) in [7, 11) is 0. The summed E-state index contributed by atoms with van der Waals surface area (Å²) >= 11 is 0. The van der Waals surface area contributed by atoms with Crippen molar-refractivity contribution in [3.05, 3.63) is 41.8 Å². The van der Waals surface area contributed by atoms with Gasteiger partial charge in [0.1, 0.15) is 6.26 Å². The number of oxazole rings is 1. The van der Waals surface area contributed by atoms with Gasteiger partial charge in [-0.05, 0) is 25.5 Å². The van der Waals surface area contributed by atoms with Crippen LogP contribution >= 0.6 is 0 Å². The van der Waals surface area contributed by atoms with Gasteiger partial charge in [0.05, 0.1) is 11.3 Å². The monoisotopic (exact) mass is 272 g/mol. The highest BCUT2D eigenvalue weighted by Crippen LogP contribution is 2.26. The molecular weight excluding hydrogens is 252 g/mol. The first kappa shape index (κ1) is 13.3. The van der Waals surface area contributed by atoms with Gasteiger partial charge in [-0.1, -0.05) is 24.6 Å². The minimum absolute atomic E-state index is 0.497. The van der Waals surface area contributed by atoms with Crippen LogP contribution in [0.15, 0.2) is 34.9 Å². The number of aliphatic hydroxyl groups is 1. The molecule has 3 rings (SSSR count). The van der Waals surface area contributed by atoms with Crippen molar-refractivity contribution in [3.63, 3.8) is 0 Å². The number of aryl methyl sites for hydroxylation is 1. The van der Waals surface area contributed by atoms with Crippen LogP contribution in [0.4, 0.5) is 0 Å². The average Bonchev–Trinajstić information content (AvgIpc) is 2.86. The van der Waals surface area contributed by atoms with Crippen LogP contribution in [0.5, 0.6) is 0 Å². The van der Waals surface area contributed by atoms with Crippen LogP contribution in [0, 0.1) is 6.92 Å². The number of nitrogens with zero attached hydrogens (tertiary/aromatic N) is 2. The smallest absolute Gasteiger partial charge is 0.226 e. The minimum Gasteiger partial charge on any atom is -0.444 e. The molecule has 0 aliphatic carbocycles. The number of β-amino-alcohol motifs (C(OH)–C–C–N with tert-alkyl or cyclic N) is 1. The lowest BCUT2D eigenvalue weighted by molar-refractivity contribution is -0.103. The number of hydrogen-bond donors (Lipinski definition) is 1. The molecule has 0 radical (unpaired) electrons. The lowest BCUT2D eigenvalue weighted by atomic mass is 9.91. The third kappa shape index (κ3) is 2.62. The Hall–Kier alpha value is -1.65. The van der Waals surface area contributed by atoms with Gasteiger partial charge in [-0.2, -0.15) is 0 Å². The van der Waals surface area contributed by atoms with E-state index >= 15 is 0 Å². The summed E-state index contributed by atoms with van der Waals surface area (Å²) in [5.41, 5.74) is 2.64. The number of benzene rings is 1. The van der Waals surface area contributed by atoms with Crippen LogP contribution in [-0.2, 0) is 6.54 Å². The van der Waals surface area contributed by atoms with E-state index in [1.807, 2.05) is 19.1 Å². The first-order valence-corrected chi connectivity index (χ1v) is 7.04. The van der Waals surface area contributed by atoms with E-state index in [0.717, 1.165) is 37.3 Å². The van der Waals surface area contributed by atoms with Crippen molar-refractivity contribution >= 4 is 0 Å². The zero-order valence-electron chi connectivity index (χ0n) is 12.0. The Morgan fingerprint density at radius 2 is 2.00 bits per heavy atom. The Bertz CT molecular complexity index is 583. The molecule has 4 heteroatoms.